The first-order valence-electron chi connectivity index (χ1n) is 4.22. The molecule has 0 fully saturated rings. The van der Waals surface area contributed by atoms with Crippen LogP contribution in [-0.2, 0) is 11.3 Å². The fourth-order valence-corrected chi connectivity index (χ4v) is 0.822. The summed E-state index contributed by atoms with van der Waals surface area (Å²) in [5.41, 5.74) is 0. The standard InChI is InChI=1S/C7H13N5O/c1-3-6(2)9-7(13)4-12-5-8-10-11-12/h5-6H,3-4H2,1-2H3,(H,9,13). The summed E-state index contributed by atoms with van der Waals surface area (Å²) in [6, 6.07) is 0.198. The fourth-order valence-electron chi connectivity index (χ4n) is 0.822. The van der Waals surface area contributed by atoms with Crippen LogP contribution in [0.2, 0.25) is 0 Å². The maximum absolute atomic E-state index is 11.3. The Hall–Kier alpha value is -1.46. The first-order chi connectivity index (χ1) is 6.22. The van der Waals surface area contributed by atoms with Crippen molar-refractivity contribution in [1.82, 2.24) is 25.5 Å². The van der Waals surface area contributed by atoms with Crippen LogP contribution in [0.25, 0.3) is 0 Å². The zero-order valence-electron chi connectivity index (χ0n) is 7.77. The minimum atomic E-state index is -0.0679. The predicted molar refractivity (Wildman–Crippen MR) is 45.7 cm³/mol. The van der Waals surface area contributed by atoms with Gasteiger partial charge in [-0.1, -0.05) is 6.92 Å². The Labute approximate surface area is 76.3 Å². The van der Waals surface area contributed by atoms with Crippen molar-refractivity contribution in [2.24, 2.45) is 0 Å². The maximum atomic E-state index is 11.3. The molecule has 6 heteroatoms. The van der Waals surface area contributed by atoms with Gasteiger partial charge in [-0.2, -0.15) is 0 Å². The number of hydrogen-bond donors (Lipinski definition) is 1. The second kappa shape index (κ2) is 4.54. The van der Waals surface area contributed by atoms with Gasteiger partial charge < -0.3 is 5.32 Å². The van der Waals surface area contributed by atoms with Gasteiger partial charge in [0.05, 0.1) is 0 Å². The molecule has 0 radical (unpaired) electrons. The molecule has 1 amide bonds. The molecule has 1 aromatic rings. The van der Waals surface area contributed by atoms with Crippen LogP contribution in [0.4, 0.5) is 0 Å². The van der Waals surface area contributed by atoms with E-state index >= 15 is 0 Å². The molecule has 1 heterocycles. The van der Waals surface area contributed by atoms with Gasteiger partial charge in [0.1, 0.15) is 12.9 Å². The summed E-state index contributed by atoms with van der Waals surface area (Å²) in [6.07, 6.45) is 2.33. The third-order valence-corrected chi connectivity index (χ3v) is 1.72. The van der Waals surface area contributed by atoms with Gasteiger partial charge in [-0.05, 0) is 23.8 Å². The Kier molecular flexibility index (Phi) is 3.36. The average Bonchev–Trinajstić information content (AvgIpc) is 2.56. The summed E-state index contributed by atoms with van der Waals surface area (Å²) in [6.45, 7) is 4.15. The Balaban J connectivity index is 2.34. The molecule has 0 spiro atoms. The number of tetrazole rings is 1. The second-order valence-electron chi connectivity index (χ2n) is 2.88. The molecule has 1 unspecified atom stereocenters. The van der Waals surface area contributed by atoms with Crippen LogP contribution in [0.15, 0.2) is 6.33 Å². The molecule has 0 saturated heterocycles. The van der Waals surface area contributed by atoms with E-state index in [2.05, 4.69) is 20.8 Å². The molecule has 1 rings (SSSR count). The van der Waals surface area contributed by atoms with Crippen LogP contribution in [-0.4, -0.2) is 32.2 Å². The molecule has 13 heavy (non-hydrogen) atoms. The fraction of sp³-hybridized carbons (Fsp3) is 0.714. The number of amides is 1. The van der Waals surface area contributed by atoms with E-state index in [4.69, 9.17) is 0 Å². The molecule has 0 bridgehead atoms. The van der Waals surface area contributed by atoms with E-state index in [-0.39, 0.29) is 18.5 Å². The van der Waals surface area contributed by atoms with Crippen molar-refractivity contribution >= 4 is 5.91 Å². The Morgan fingerprint density at radius 3 is 3.00 bits per heavy atom. The van der Waals surface area contributed by atoms with Crippen LogP contribution in [0.1, 0.15) is 20.3 Å². The van der Waals surface area contributed by atoms with Crippen LogP contribution >= 0.6 is 0 Å². The number of nitrogens with zero attached hydrogens (tertiary/aromatic N) is 4. The van der Waals surface area contributed by atoms with Crippen LogP contribution < -0.4 is 5.32 Å². The van der Waals surface area contributed by atoms with E-state index in [0.717, 1.165) is 6.42 Å². The molecule has 1 aromatic heterocycles. The van der Waals surface area contributed by atoms with Crippen molar-refractivity contribution in [3.8, 4) is 0 Å². The minimum absolute atomic E-state index is 0.0679. The zero-order chi connectivity index (χ0) is 9.68. The van der Waals surface area contributed by atoms with Gasteiger partial charge in [0.25, 0.3) is 0 Å². The van der Waals surface area contributed by atoms with Gasteiger partial charge in [0.2, 0.25) is 5.91 Å². The number of carbonyl (C=O) groups excluding carboxylic acids is 1. The van der Waals surface area contributed by atoms with Crippen molar-refractivity contribution in [1.29, 1.82) is 0 Å². The SMILES string of the molecule is CCC(C)NC(=O)Cn1cnnn1. The first kappa shape index (κ1) is 9.63. The number of nitrogens with one attached hydrogen (secondary N) is 1. The van der Waals surface area contributed by atoms with Crippen LogP contribution in [0, 0.1) is 0 Å². The maximum Gasteiger partial charge on any atom is 0.242 e. The summed E-state index contributed by atoms with van der Waals surface area (Å²) in [7, 11) is 0. The van der Waals surface area contributed by atoms with Crippen molar-refractivity contribution in [2.75, 3.05) is 0 Å². The zero-order valence-corrected chi connectivity index (χ0v) is 7.77. The normalized spacial score (nSPS) is 12.5. The number of rotatable bonds is 4. The molecule has 0 aliphatic rings. The van der Waals surface area contributed by atoms with Gasteiger partial charge in [-0.15, -0.1) is 5.10 Å². The number of carbonyl (C=O) groups is 1. The van der Waals surface area contributed by atoms with E-state index in [1.165, 1.54) is 11.0 Å². The predicted octanol–water partition coefficient (Wildman–Crippen LogP) is -0.412. The second-order valence-corrected chi connectivity index (χ2v) is 2.88. The largest absolute Gasteiger partial charge is 0.352 e. The lowest BCUT2D eigenvalue weighted by Crippen LogP contribution is -2.34. The Morgan fingerprint density at radius 2 is 2.46 bits per heavy atom. The highest BCUT2D eigenvalue weighted by atomic mass is 16.2. The minimum Gasteiger partial charge on any atom is -0.352 e. The molecule has 1 N–H and O–H groups in total. The Bertz CT molecular complexity index is 258. The van der Waals surface area contributed by atoms with Crippen LogP contribution in [0.5, 0.6) is 0 Å². The average molecular weight is 183 g/mol. The van der Waals surface area contributed by atoms with Gasteiger partial charge in [-0.3, -0.25) is 4.79 Å². The molecular weight excluding hydrogens is 170 g/mol. The number of aromatic nitrogens is 4. The summed E-state index contributed by atoms with van der Waals surface area (Å²) in [5, 5.41) is 13.3. The van der Waals surface area contributed by atoms with Crippen molar-refractivity contribution in [3.63, 3.8) is 0 Å². The van der Waals surface area contributed by atoms with E-state index in [0.29, 0.717) is 0 Å². The van der Waals surface area contributed by atoms with Crippen LogP contribution in [0.3, 0.4) is 0 Å². The topological polar surface area (TPSA) is 72.7 Å². The summed E-state index contributed by atoms with van der Waals surface area (Å²) >= 11 is 0. The van der Waals surface area contributed by atoms with E-state index in [1.807, 2.05) is 13.8 Å². The summed E-state index contributed by atoms with van der Waals surface area (Å²) in [5.74, 6) is -0.0679. The number of hydrogen-bond acceptors (Lipinski definition) is 4. The Morgan fingerprint density at radius 1 is 1.69 bits per heavy atom. The molecule has 0 aliphatic carbocycles. The molecule has 0 aromatic carbocycles. The lowest BCUT2D eigenvalue weighted by Gasteiger charge is -2.10. The third-order valence-electron chi connectivity index (χ3n) is 1.72. The summed E-state index contributed by atoms with van der Waals surface area (Å²) in [4.78, 5) is 11.3. The van der Waals surface area contributed by atoms with E-state index < -0.39 is 0 Å². The van der Waals surface area contributed by atoms with Gasteiger partial charge in [0, 0.05) is 6.04 Å². The van der Waals surface area contributed by atoms with Crippen molar-refractivity contribution in [2.45, 2.75) is 32.9 Å². The smallest absolute Gasteiger partial charge is 0.242 e. The van der Waals surface area contributed by atoms with Crippen molar-refractivity contribution < 1.29 is 4.79 Å². The molecular formula is C7H13N5O. The lowest BCUT2D eigenvalue weighted by atomic mass is 10.2. The first-order valence-corrected chi connectivity index (χ1v) is 4.22. The quantitative estimate of drug-likeness (QED) is 0.688. The molecule has 6 nitrogen and oxygen atoms in total. The molecule has 1 atom stereocenters. The lowest BCUT2D eigenvalue weighted by molar-refractivity contribution is -0.122. The van der Waals surface area contributed by atoms with E-state index in [1.54, 1.807) is 0 Å². The van der Waals surface area contributed by atoms with E-state index in [9.17, 15) is 4.79 Å². The van der Waals surface area contributed by atoms with Gasteiger partial charge in [-0.25, -0.2) is 4.68 Å². The van der Waals surface area contributed by atoms with Crippen molar-refractivity contribution in [3.05, 3.63) is 6.33 Å². The highest BCUT2D eigenvalue weighted by Gasteiger charge is 2.06. The van der Waals surface area contributed by atoms with Gasteiger partial charge in [0.15, 0.2) is 0 Å². The molecule has 72 valence electrons. The summed E-state index contributed by atoms with van der Waals surface area (Å²) < 4.78 is 1.39. The highest BCUT2D eigenvalue weighted by Crippen LogP contribution is 1.88. The molecule has 0 aliphatic heterocycles. The monoisotopic (exact) mass is 183 g/mol. The molecule has 0 saturated carbocycles. The van der Waals surface area contributed by atoms with Gasteiger partial charge >= 0.3 is 0 Å². The third kappa shape index (κ3) is 3.18. The highest BCUT2D eigenvalue weighted by molar-refractivity contribution is 5.75.